The monoisotopic (exact) mass is 506 g/mol. The van der Waals surface area contributed by atoms with Crippen LogP contribution in [-0.2, 0) is 6.54 Å². The number of quaternary nitrogens is 1. The zero-order chi connectivity index (χ0) is 25.8. The van der Waals surface area contributed by atoms with E-state index in [1.54, 1.807) is 4.52 Å². The number of halogens is 1. The highest BCUT2D eigenvalue weighted by molar-refractivity contribution is 5.76. The molecule has 0 radical (unpaired) electrons. The summed E-state index contributed by atoms with van der Waals surface area (Å²) in [5, 5.41) is 9.84. The van der Waals surface area contributed by atoms with Gasteiger partial charge in [-0.3, -0.25) is 9.89 Å². The number of nitrogens with one attached hydrogen (secondary N) is 1. The molecule has 1 saturated heterocycles. The third-order valence-corrected chi connectivity index (χ3v) is 6.69. The van der Waals surface area contributed by atoms with Gasteiger partial charge in [-0.05, 0) is 48.7 Å². The van der Waals surface area contributed by atoms with Crippen molar-refractivity contribution in [3.8, 4) is 5.75 Å². The van der Waals surface area contributed by atoms with Crippen LogP contribution < -0.4 is 26.8 Å². The number of rotatable bonds is 8. The Bertz CT molecular complexity index is 1330. The summed E-state index contributed by atoms with van der Waals surface area (Å²) in [6, 6.07) is 7.69. The molecule has 1 fully saturated rings. The predicted molar refractivity (Wildman–Crippen MR) is 141 cm³/mol. The molecule has 3 atom stereocenters. The molecule has 2 aliphatic rings. The minimum absolute atomic E-state index is 0.148. The lowest BCUT2D eigenvalue weighted by Gasteiger charge is -2.32. The predicted octanol–water partition coefficient (Wildman–Crippen LogP) is 1.36. The number of aryl methyl sites for hydroxylation is 1. The Morgan fingerprint density at radius 3 is 3.05 bits per heavy atom. The molecule has 1 aromatic carbocycles. The molecule has 0 bridgehead atoms. The number of aliphatic imine (C=N–C) groups is 1. The second-order valence-electron chi connectivity index (χ2n) is 9.45. The van der Waals surface area contributed by atoms with Crippen LogP contribution in [0.2, 0.25) is 0 Å². The van der Waals surface area contributed by atoms with Gasteiger partial charge in [-0.1, -0.05) is 0 Å². The maximum Gasteiger partial charge on any atom is 0.158 e. The summed E-state index contributed by atoms with van der Waals surface area (Å²) in [5.74, 6) is 2.23. The summed E-state index contributed by atoms with van der Waals surface area (Å²) in [4.78, 5) is 10.7. The van der Waals surface area contributed by atoms with E-state index in [4.69, 9.17) is 16.2 Å². The number of hydrogen-bond acceptors (Lipinski definition) is 7. The van der Waals surface area contributed by atoms with Crippen molar-refractivity contribution in [3.05, 3.63) is 72.0 Å². The summed E-state index contributed by atoms with van der Waals surface area (Å²) >= 11 is 0. The highest BCUT2D eigenvalue weighted by Crippen LogP contribution is 2.29. The maximum atomic E-state index is 14.2. The average Bonchev–Trinajstić information content (AvgIpc) is 3.30. The van der Waals surface area contributed by atoms with E-state index in [1.807, 2.05) is 55.7 Å². The first kappa shape index (κ1) is 24.9. The van der Waals surface area contributed by atoms with Crippen molar-refractivity contribution in [1.82, 2.24) is 19.5 Å². The first-order chi connectivity index (χ1) is 18.0. The van der Waals surface area contributed by atoms with Crippen LogP contribution in [-0.4, -0.2) is 63.7 Å². The molecule has 2 aliphatic heterocycles. The Balaban J connectivity index is 1.31. The quantitative estimate of drug-likeness (QED) is 0.268. The lowest BCUT2D eigenvalue weighted by Crippen LogP contribution is -2.85. The first-order valence-electron chi connectivity index (χ1n) is 12.4. The van der Waals surface area contributed by atoms with Gasteiger partial charge >= 0.3 is 0 Å². The summed E-state index contributed by atoms with van der Waals surface area (Å²) in [7, 11) is 0. The van der Waals surface area contributed by atoms with E-state index in [-0.39, 0.29) is 12.1 Å². The van der Waals surface area contributed by atoms with Crippen LogP contribution in [0.15, 0.2) is 65.9 Å². The number of ether oxygens (including phenoxy) is 1. The van der Waals surface area contributed by atoms with E-state index in [0.29, 0.717) is 31.9 Å². The molecule has 3 unspecified atom stereocenters. The van der Waals surface area contributed by atoms with Crippen molar-refractivity contribution in [2.24, 2.45) is 16.5 Å². The number of allylic oxidation sites excluding steroid dienone is 1. The van der Waals surface area contributed by atoms with Gasteiger partial charge in [-0.2, -0.15) is 5.10 Å². The lowest BCUT2D eigenvalue weighted by atomic mass is 10.0. The SMILES string of the molecule is Cc1cc(Nc2ncnn3ccc(CN4CCC(N)C(F)C4)c23)ccc1OC1=CC(CN=CN)[NH2+]C=C1. The zero-order valence-electron chi connectivity index (χ0n) is 20.8. The van der Waals surface area contributed by atoms with Crippen LogP contribution in [0.25, 0.3) is 5.52 Å². The van der Waals surface area contributed by atoms with Gasteiger partial charge in [0.1, 0.15) is 35.6 Å². The standard InChI is InChI=1S/C26H32FN9O/c1-17-10-19(2-3-24(17)37-21-4-7-31-20(11-21)12-30-15-28)34-26-25-18(5-9-36(25)33-16-32-26)13-35-8-6-23(29)22(27)14-35/h2-5,7,9-11,15-16,20,22-23,31H,6,8,12-14,29H2,1H3,(H2,28,30)(H,32,33,34)/p+1. The van der Waals surface area contributed by atoms with Gasteiger partial charge in [0.05, 0.1) is 19.1 Å². The van der Waals surface area contributed by atoms with Crippen LogP contribution in [0.5, 0.6) is 5.75 Å². The van der Waals surface area contributed by atoms with Crippen molar-refractivity contribution in [3.63, 3.8) is 0 Å². The molecule has 194 valence electrons. The fraction of sp³-hybridized carbons (Fsp3) is 0.346. The van der Waals surface area contributed by atoms with Gasteiger partial charge in [-0.15, -0.1) is 0 Å². The Hall–Kier alpha value is -3.80. The number of fused-ring (bicyclic) bond motifs is 1. The van der Waals surface area contributed by atoms with Gasteiger partial charge in [0.15, 0.2) is 5.82 Å². The minimum atomic E-state index is -1.01. The van der Waals surface area contributed by atoms with Crippen LogP contribution in [0.3, 0.4) is 0 Å². The number of benzene rings is 1. The summed E-state index contributed by atoms with van der Waals surface area (Å²) in [6.45, 7) is 4.29. The number of likely N-dealkylation sites (tertiary alicyclic amines) is 1. The number of hydrogen-bond donors (Lipinski definition) is 4. The maximum absolute atomic E-state index is 14.2. The van der Waals surface area contributed by atoms with Crippen LogP contribution >= 0.6 is 0 Å². The molecule has 4 heterocycles. The summed E-state index contributed by atoms with van der Waals surface area (Å²) in [6.07, 6.45) is 10.3. The van der Waals surface area contributed by atoms with E-state index in [9.17, 15) is 4.39 Å². The van der Waals surface area contributed by atoms with Gasteiger partial charge in [-0.25, -0.2) is 13.9 Å². The number of nitrogens with zero attached hydrogens (tertiary/aromatic N) is 5. The van der Waals surface area contributed by atoms with E-state index in [2.05, 4.69) is 30.6 Å². The van der Waals surface area contributed by atoms with E-state index < -0.39 is 6.17 Å². The Labute approximate surface area is 214 Å². The molecular formula is C26H33FN9O+. The number of piperidine rings is 1. The molecule has 37 heavy (non-hydrogen) atoms. The molecule has 2 aromatic heterocycles. The highest BCUT2D eigenvalue weighted by atomic mass is 19.1. The molecule has 5 rings (SSSR count). The van der Waals surface area contributed by atoms with Gasteiger partial charge in [0.2, 0.25) is 0 Å². The van der Waals surface area contributed by atoms with Crippen LogP contribution in [0.1, 0.15) is 17.5 Å². The summed E-state index contributed by atoms with van der Waals surface area (Å²) < 4.78 is 22.1. The molecule has 3 aromatic rings. The van der Waals surface area contributed by atoms with E-state index in [0.717, 1.165) is 40.4 Å². The highest BCUT2D eigenvalue weighted by Gasteiger charge is 2.27. The fourth-order valence-corrected chi connectivity index (χ4v) is 4.69. The molecule has 0 aliphatic carbocycles. The molecule has 0 saturated carbocycles. The molecular weight excluding hydrogens is 473 g/mol. The van der Waals surface area contributed by atoms with Crippen molar-refractivity contribution >= 4 is 23.4 Å². The van der Waals surface area contributed by atoms with E-state index in [1.165, 1.54) is 12.7 Å². The smallest absolute Gasteiger partial charge is 0.158 e. The van der Waals surface area contributed by atoms with Crippen molar-refractivity contribution in [1.29, 1.82) is 0 Å². The van der Waals surface area contributed by atoms with Crippen molar-refractivity contribution < 1.29 is 14.4 Å². The molecule has 10 nitrogen and oxygen atoms in total. The third-order valence-electron chi connectivity index (χ3n) is 6.69. The normalized spacial score (nSPS) is 22.5. The number of anilines is 2. The Kier molecular flexibility index (Phi) is 7.45. The summed E-state index contributed by atoms with van der Waals surface area (Å²) in [5.41, 5.74) is 15.0. The average molecular weight is 507 g/mol. The lowest BCUT2D eigenvalue weighted by molar-refractivity contribution is -0.613. The van der Waals surface area contributed by atoms with Crippen LogP contribution in [0, 0.1) is 6.92 Å². The van der Waals surface area contributed by atoms with Gasteiger partial charge < -0.3 is 26.8 Å². The molecule has 11 heteroatoms. The number of nitrogens with two attached hydrogens (primary N) is 3. The minimum Gasteiger partial charge on any atom is -0.457 e. The number of aromatic nitrogens is 3. The first-order valence-corrected chi connectivity index (χ1v) is 12.4. The Morgan fingerprint density at radius 1 is 1.35 bits per heavy atom. The largest absolute Gasteiger partial charge is 0.457 e. The second-order valence-corrected chi connectivity index (χ2v) is 9.45. The van der Waals surface area contributed by atoms with E-state index >= 15 is 0 Å². The second kappa shape index (κ2) is 11.1. The number of alkyl halides is 1. The molecule has 7 N–H and O–H groups in total. The fourth-order valence-electron chi connectivity index (χ4n) is 4.69. The molecule has 0 spiro atoms. The van der Waals surface area contributed by atoms with Gasteiger partial charge in [0.25, 0.3) is 0 Å². The van der Waals surface area contributed by atoms with Crippen molar-refractivity contribution in [2.75, 3.05) is 25.0 Å². The topological polar surface area (TPSA) is 136 Å². The van der Waals surface area contributed by atoms with Crippen molar-refractivity contribution in [2.45, 2.75) is 38.1 Å². The van der Waals surface area contributed by atoms with Crippen LogP contribution in [0.4, 0.5) is 15.9 Å². The molecule has 0 amide bonds. The zero-order valence-corrected chi connectivity index (χ0v) is 20.8. The third kappa shape index (κ3) is 5.79. The van der Waals surface area contributed by atoms with Gasteiger partial charge in [0, 0.05) is 49.7 Å². The Morgan fingerprint density at radius 2 is 2.24 bits per heavy atom.